The van der Waals surface area contributed by atoms with Crippen LogP contribution in [-0.2, 0) is 20.8 Å². The molecule has 0 spiro atoms. The first kappa shape index (κ1) is 22.1. The number of nitrogens with one attached hydrogen (secondary N) is 1. The number of anilines is 2. The van der Waals surface area contributed by atoms with Gasteiger partial charge < -0.3 is 11.1 Å². The lowest BCUT2D eigenvalue weighted by Gasteiger charge is -2.13. The van der Waals surface area contributed by atoms with Crippen LogP contribution in [0, 0.1) is 0 Å². The van der Waals surface area contributed by atoms with E-state index in [2.05, 4.69) is 15.3 Å². The highest BCUT2D eigenvalue weighted by Gasteiger charge is 2.33. The lowest BCUT2D eigenvalue weighted by atomic mass is 10.1. The number of halogens is 3. The van der Waals surface area contributed by atoms with Gasteiger partial charge in [0.2, 0.25) is 15.7 Å². The number of alkyl halides is 3. The Kier molecular flexibility index (Phi) is 6.33. The molecular formula is C17H13F3N4O3S3. The lowest BCUT2D eigenvalue weighted by molar-refractivity contribution is -0.137. The number of benzene rings is 1. The fourth-order valence-corrected chi connectivity index (χ4v) is 5.32. The first-order valence-corrected chi connectivity index (χ1v) is 11.4. The highest BCUT2D eigenvalue weighted by Crippen LogP contribution is 2.34. The number of nitrogens with two attached hydrogens (primary N) is 1. The zero-order valence-corrected chi connectivity index (χ0v) is 17.3. The summed E-state index contributed by atoms with van der Waals surface area (Å²) in [5, 5.41) is 3.81. The first-order chi connectivity index (χ1) is 14.1. The predicted molar refractivity (Wildman–Crippen MR) is 107 cm³/mol. The Labute approximate surface area is 177 Å². The molecule has 0 fully saturated rings. The molecule has 1 aromatic carbocycles. The molecule has 0 aliphatic rings. The van der Waals surface area contributed by atoms with Gasteiger partial charge in [0.05, 0.1) is 23.2 Å². The van der Waals surface area contributed by atoms with E-state index in [1.165, 1.54) is 18.2 Å². The average molecular weight is 475 g/mol. The number of carbonyl (C=O) groups is 1. The molecular weight excluding hydrogens is 461 g/mol. The molecule has 3 rings (SSSR count). The molecule has 0 bridgehead atoms. The van der Waals surface area contributed by atoms with Gasteiger partial charge in [-0.25, -0.2) is 18.4 Å². The summed E-state index contributed by atoms with van der Waals surface area (Å²) in [6.45, 7) is 0. The largest absolute Gasteiger partial charge is 0.418 e. The van der Waals surface area contributed by atoms with E-state index in [0.29, 0.717) is 0 Å². The van der Waals surface area contributed by atoms with Crippen molar-refractivity contribution in [1.82, 2.24) is 9.97 Å². The van der Waals surface area contributed by atoms with Crippen LogP contribution in [0.25, 0.3) is 0 Å². The van der Waals surface area contributed by atoms with Gasteiger partial charge in [0.1, 0.15) is 14.9 Å². The zero-order chi connectivity index (χ0) is 21.9. The van der Waals surface area contributed by atoms with Crippen LogP contribution in [-0.4, -0.2) is 30.0 Å². The van der Waals surface area contributed by atoms with E-state index in [4.69, 9.17) is 5.73 Å². The van der Waals surface area contributed by atoms with E-state index in [1.807, 2.05) is 0 Å². The molecule has 1 amide bonds. The van der Waals surface area contributed by atoms with Crippen LogP contribution in [0.3, 0.4) is 0 Å². The van der Waals surface area contributed by atoms with Crippen LogP contribution < -0.4 is 11.1 Å². The maximum atomic E-state index is 13.0. The Hall–Kier alpha value is -2.64. The van der Waals surface area contributed by atoms with Crippen molar-refractivity contribution in [1.29, 1.82) is 0 Å². The van der Waals surface area contributed by atoms with E-state index in [9.17, 15) is 26.4 Å². The number of nitrogens with zero attached hydrogens (tertiary/aromatic N) is 2. The van der Waals surface area contributed by atoms with Gasteiger partial charge in [-0.2, -0.15) is 13.2 Å². The lowest BCUT2D eigenvalue weighted by Crippen LogP contribution is -2.18. The fraction of sp³-hybridized carbons (Fsp3) is 0.118. The Bertz CT molecular complexity index is 1170. The van der Waals surface area contributed by atoms with Crippen LogP contribution in [0.2, 0.25) is 0 Å². The number of thiophene rings is 1. The third kappa shape index (κ3) is 4.91. The summed E-state index contributed by atoms with van der Waals surface area (Å²) in [5.74, 6) is -1.30. The highest BCUT2D eigenvalue weighted by molar-refractivity contribution is 7.99. The molecule has 0 radical (unpaired) electrons. The number of aromatic nitrogens is 2. The summed E-state index contributed by atoms with van der Waals surface area (Å²) in [5.41, 5.74) is 4.41. The van der Waals surface area contributed by atoms with Crippen molar-refractivity contribution < 1.29 is 26.4 Å². The topological polar surface area (TPSA) is 115 Å². The number of para-hydroxylation sites is 1. The number of hydrogen-bond donors (Lipinski definition) is 2. The van der Waals surface area contributed by atoms with E-state index in [0.717, 1.165) is 41.4 Å². The molecule has 0 unspecified atom stereocenters. The Morgan fingerprint density at radius 1 is 1.20 bits per heavy atom. The first-order valence-electron chi connectivity index (χ1n) is 8.09. The Morgan fingerprint density at radius 2 is 1.93 bits per heavy atom. The second kappa shape index (κ2) is 8.62. The van der Waals surface area contributed by atoms with Gasteiger partial charge in [-0.3, -0.25) is 4.79 Å². The second-order valence-electron chi connectivity index (χ2n) is 5.72. The summed E-state index contributed by atoms with van der Waals surface area (Å²) in [4.78, 5) is 19.6. The number of hydrogen-bond acceptors (Lipinski definition) is 8. The maximum Gasteiger partial charge on any atom is 0.418 e. The number of nitrogen functional groups attached to an aromatic ring is 1. The van der Waals surface area contributed by atoms with E-state index < -0.39 is 27.5 Å². The fourth-order valence-electron chi connectivity index (χ4n) is 2.32. The smallest absolute Gasteiger partial charge is 0.382 e. The molecule has 0 aliphatic heterocycles. The zero-order valence-electron chi connectivity index (χ0n) is 14.9. The molecule has 13 heteroatoms. The van der Waals surface area contributed by atoms with Gasteiger partial charge in [-0.15, -0.1) is 11.3 Å². The summed E-state index contributed by atoms with van der Waals surface area (Å²) < 4.78 is 64.1. The second-order valence-corrected chi connectivity index (χ2v) is 9.75. The molecule has 3 aromatic rings. The van der Waals surface area contributed by atoms with Gasteiger partial charge in [0.25, 0.3) is 0 Å². The van der Waals surface area contributed by atoms with Crippen LogP contribution in [0.4, 0.5) is 24.7 Å². The van der Waals surface area contributed by atoms with Gasteiger partial charge in [-0.05, 0) is 23.6 Å². The van der Waals surface area contributed by atoms with Crippen LogP contribution in [0.1, 0.15) is 5.56 Å². The molecule has 7 nitrogen and oxygen atoms in total. The van der Waals surface area contributed by atoms with Crippen molar-refractivity contribution in [2.75, 3.05) is 16.8 Å². The minimum Gasteiger partial charge on any atom is -0.382 e. The molecule has 2 heterocycles. The van der Waals surface area contributed by atoms with Crippen LogP contribution >= 0.6 is 23.1 Å². The molecule has 0 aliphatic carbocycles. The number of rotatable bonds is 6. The van der Waals surface area contributed by atoms with Crippen LogP contribution in [0.15, 0.2) is 62.2 Å². The number of carbonyl (C=O) groups excluding carboxylic acids is 1. The standard InChI is InChI=1S/C17H13F3N4O3S3/c18-17(19,20)10-4-1-2-5-11(10)23-13(25)9-29-16-22-8-12(15(21)24-16)30(26,27)14-6-3-7-28-14/h1-8H,9H2,(H,23,25)(H2,21,22,24). The summed E-state index contributed by atoms with van der Waals surface area (Å²) in [6.07, 6.45) is -3.57. The number of amides is 1. The van der Waals surface area contributed by atoms with Gasteiger partial charge in [0, 0.05) is 0 Å². The average Bonchev–Trinajstić information content (AvgIpc) is 3.21. The van der Waals surface area contributed by atoms with Gasteiger partial charge in [-0.1, -0.05) is 30.0 Å². The summed E-state index contributed by atoms with van der Waals surface area (Å²) in [7, 11) is -3.86. The molecule has 2 aromatic heterocycles. The highest BCUT2D eigenvalue weighted by atomic mass is 32.2. The van der Waals surface area contributed by atoms with Crippen LogP contribution in [0.5, 0.6) is 0 Å². The van der Waals surface area contributed by atoms with Gasteiger partial charge in [0.15, 0.2) is 5.16 Å². The molecule has 0 saturated carbocycles. The quantitative estimate of drug-likeness (QED) is 0.413. The Balaban J connectivity index is 1.69. The minimum atomic E-state index is -4.61. The van der Waals surface area contributed by atoms with Gasteiger partial charge >= 0.3 is 6.18 Å². The van der Waals surface area contributed by atoms with Crippen molar-refractivity contribution in [3.63, 3.8) is 0 Å². The molecule has 158 valence electrons. The van der Waals surface area contributed by atoms with Crippen molar-refractivity contribution in [3.05, 3.63) is 53.5 Å². The maximum absolute atomic E-state index is 13.0. The van der Waals surface area contributed by atoms with E-state index >= 15 is 0 Å². The van der Waals surface area contributed by atoms with Crippen molar-refractivity contribution in [3.8, 4) is 0 Å². The van der Waals surface area contributed by atoms with E-state index in [-0.39, 0.29) is 31.5 Å². The molecule has 0 atom stereocenters. The number of thioether (sulfide) groups is 1. The summed E-state index contributed by atoms with van der Waals surface area (Å²) >= 11 is 1.82. The van der Waals surface area contributed by atoms with E-state index in [1.54, 1.807) is 11.4 Å². The number of sulfone groups is 1. The summed E-state index contributed by atoms with van der Waals surface area (Å²) in [6, 6.07) is 7.59. The molecule has 3 N–H and O–H groups in total. The SMILES string of the molecule is Nc1nc(SCC(=O)Nc2ccccc2C(F)(F)F)ncc1S(=O)(=O)c1cccs1. The Morgan fingerprint density at radius 3 is 2.57 bits per heavy atom. The minimum absolute atomic E-state index is 0.0110. The molecule has 0 saturated heterocycles. The molecule has 30 heavy (non-hydrogen) atoms. The van der Waals surface area contributed by atoms with Crippen molar-refractivity contribution >= 4 is 50.3 Å². The van der Waals surface area contributed by atoms with Crippen molar-refractivity contribution in [2.45, 2.75) is 20.4 Å². The van der Waals surface area contributed by atoms with Crippen molar-refractivity contribution in [2.24, 2.45) is 0 Å². The third-order valence-corrected chi connectivity index (χ3v) is 7.68. The normalized spacial score (nSPS) is 12.0. The third-order valence-electron chi connectivity index (χ3n) is 3.65. The predicted octanol–water partition coefficient (Wildman–Crippen LogP) is 3.70. The monoisotopic (exact) mass is 474 g/mol.